The van der Waals surface area contributed by atoms with Crippen molar-refractivity contribution < 1.29 is 29.0 Å². The number of anilines is 1. The number of ether oxygens (including phenoxy) is 1. The summed E-state index contributed by atoms with van der Waals surface area (Å²) in [5, 5.41) is 19.9. The van der Waals surface area contributed by atoms with E-state index < -0.39 is 40.8 Å². The second-order valence-electron chi connectivity index (χ2n) is 11.4. The summed E-state index contributed by atoms with van der Waals surface area (Å²) in [4.78, 5) is 54.1. The molecule has 11 heteroatoms. The van der Waals surface area contributed by atoms with Crippen molar-refractivity contribution in [1.29, 1.82) is 0 Å². The number of benzene rings is 3. The first-order valence-corrected chi connectivity index (χ1v) is 15.8. The Morgan fingerprint density at radius 1 is 1.02 bits per heavy atom. The number of thioether (sulfide) groups is 1. The Labute approximate surface area is 267 Å². The summed E-state index contributed by atoms with van der Waals surface area (Å²) in [6, 6.07) is 20.7. The summed E-state index contributed by atoms with van der Waals surface area (Å²) in [5.74, 6) is -1.29. The molecule has 0 aromatic heterocycles. The lowest BCUT2D eigenvalue weighted by molar-refractivity contribution is -0.147. The molecule has 4 rings (SSSR count). The fourth-order valence-corrected chi connectivity index (χ4v) is 6.37. The predicted molar refractivity (Wildman–Crippen MR) is 175 cm³/mol. The number of hydrogen-bond donors (Lipinski definition) is 4. The Morgan fingerprint density at radius 2 is 1.73 bits per heavy atom. The van der Waals surface area contributed by atoms with Crippen molar-refractivity contribution in [2.75, 3.05) is 17.8 Å². The van der Waals surface area contributed by atoms with E-state index in [4.69, 9.17) is 4.74 Å². The topological polar surface area (TPSA) is 137 Å². The van der Waals surface area contributed by atoms with Crippen LogP contribution in [0.15, 0.2) is 78.9 Å². The maximum absolute atomic E-state index is 13.9. The van der Waals surface area contributed by atoms with Gasteiger partial charge in [-0.05, 0) is 69.0 Å². The first kappa shape index (κ1) is 33.5. The van der Waals surface area contributed by atoms with Gasteiger partial charge in [0, 0.05) is 17.0 Å². The van der Waals surface area contributed by atoms with Crippen LogP contribution in [-0.4, -0.2) is 69.2 Å². The Kier molecular flexibility index (Phi) is 11.2. The summed E-state index contributed by atoms with van der Waals surface area (Å²) in [7, 11) is 0. The maximum atomic E-state index is 13.9. The number of nitrogens with one attached hydrogen (secondary N) is 3. The number of carbonyl (C=O) groups is 4. The first-order valence-electron chi connectivity index (χ1n) is 14.8. The molecule has 0 aliphatic carbocycles. The zero-order chi connectivity index (χ0) is 32.6. The number of urea groups is 1. The molecule has 10 nitrogen and oxygen atoms in total. The molecule has 0 bridgehead atoms. The number of aryl methyl sites for hydroxylation is 1. The van der Waals surface area contributed by atoms with E-state index in [9.17, 15) is 24.3 Å². The van der Waals surface area contributed by atoms with Crippen molar-refractivity contribution >= 4 is 41.3 Å². The van der Waals surface area contributed by atoms with Crippen LogP contribution in [0, 0.1) is 6.92 Å². The quantitative estimate of drug-likeness (QED) is 0.232. The second kappa shape index (κ2) is 15.1. The molecule has 1 fully saturated rings. The van der Waals surface area contributed by atoms with Crippen LogP contribution in [0.2, 0.25) is 0 Å². The van der Waals surface area contributed by atoms with Crippen molar-refractivity contribution in [3.8, 4) is 0 Å². The molecule has 1 aliphatic rings. The van der Waals surface area contributed by atoms with Gasteiger partial charge in [-0.3, -0.25) is 9.59 Å². The van der Waals surface area contributed by atoms with E-state index in [2.05, 4.69) is 16.0 Å². The third kappa shape index (κ3) is 8.64. The molecular formula is C34H40N4O6S. The highest BCUT2D eigenvalue weighted by atomic mass is 32.2. The van der Waals surface area contributed by atoms with Gasteiger partial charge in [0.1, 0.15) is 6.04 Å². The van der Waals surface area contributed by atoms with Crippen molar-refractivity contribution in [2.24, 2.45) is 0 Å². The standard InChI is InChI=1S/C34H40N4O6S/c1-5-44-32(42)24-16-11-17-26(19-24)36-33(43)37-27(18-23-13-7-6-8-14-23)28(39)31(41)38-21-45-34(3,4)29(38)30(40)35-20-25-15-10-9-12-22(25)2/h6-17,19,27-29,39H,5,18,20-21H2,1-4H3,(H,35,40)(H2,36,37,43). The first-order chi connectivity index (χ1) is 21.5. The van der Waals surface area contributed by atoms with E-state index in [1.54, 1.807) is 25.1 Å². The van der Waals surface area contributed by atoms with Gasteiger partial charge in [0.25, 0.3) is 5.91 Å². The van der Waals surface area contributed by atoms with Crippen LogP contribution in [-0.2, 0) is 27.3 Å². The van der Waals surface area contributed by atoms with E-state index in [0.717, 1.165) is 16.7 Å². The van der Waals surface area contributed by atoms with Crippen LogP contribution in [0.4, 0.5) is 10.5 Å². The molecule has 3 aromatic carbocycles. The minimum atomic E-state index is -1.65. The Bertz CT molecular complexity index is 1520. The lowest BCUT2D eigenvalue weighted by atomic mass is 9.97. The van der Waals surface area contributed by atoms with Crippen LogP contribution < -0.4 is 16.0 Å². The molecule has 1 aliphatic heterocycles. The van der Waals surface area contributed by atoms with Crippen molar-refractivity contribution in [1.82, 2.24) is 15.5 Å². The number of aliphatic hydroxyl groups excluding tert-OH is 1. The zero-order valence-electron chi connectivity index (χ0n) is 25.9. The van der Waals surface area contributed by atoms with Gasteiger partial charge < -0.3 is 30.7 Å². The normalized spacial score (nSPS) is 16.7. The number of nitrogens with zero attached hydrogens (tertiary/aromatic N) is 1. The third-order valence-corrected chi connectivity index (χ3v) is 9.05. The highest BCUT2D eigenvalue weighted by Gasteiger charge is 2.49. The fraction of sp³-hybridized carbons (Fsp3) is 0.353. The molecule has 4 amide bonds. The summed E-state index contributed by atoms with van der Waals surface area (Å²) in [5.41, 5.74) is 3.41. The van der Waals surface area contributed by atoms with Crippen molar-refractivity contribution in [3.05, 3.63) is 101 Å². The molecule has 0 radical (unpaired) electrons. The van der Waals surface area contributed by atoms with Gasteiger partial charge in [0.15, 0.2) is 6.10 Å². The Balaban J connectivity index is 1.51. The van der Waals surface area contributed by atoms with E-state index in [1.807, 2.05) is 75.4 Å². The van der Waals surface area contributed by atoms with Gasteiger partial charge in [-0.15, -0.1) is 11.8 Å². The molecule has 3 unspecified atom stereocenters. The molecule has 1 heterocycles. The van der Waals surface area contributed by atoms with E-state index in [1.165, 1.54) is 22.7 Å². The predicted octanol–water partition coefficient (Wildman–Crippen LogP) is 4.26. The van der Waals surface area contributed by atoms with Gasteiger partial charge in [-0.2, -0.15) is 0 Å². The monoisotopic (exact) mass is 632 g/mol. The van der Waals surface area contributed by atoms with Gasteiger partial charge in [0.2, 0.25) is 5.91 Å². The highest BCUT2D eigenvalue weighted by molar-refractivity contribution is 8.00. The molecule has 3 aromatic rings. The SMILES string of the molecule is CCOC(=O)c1cccc(NC(=O)NC(Cc2ccccc2)C(O)C(=O)N2CSC(C)(C)C2C(=O)NCc2ccccc2C)c1. The van der Waals surface area contributed by atoms with Gasteiger partial charge >= 0.3 is 12.0 Å². The summed E-state index contributed by atoms with van der Waals surface area (Å²) in [6.45, 7) is 7.99. The number of esters is 1. The number of rotatable bonds is 11. The average molecular weight is 633 g/mol. The van der Waals surface area contributed by atoms with Crippen LogP contribution in [0.5, 0.6) is 0 Å². The van der Waals surface area contributed by atoms with E-state index >= 15 is 0 Å². The molecule has 0 saturated carbocycles. The number of carbonyl (C=O) groups excluding carboxylic acids is 4. The zero-order valence-corrected chi connectivity index (χ0v) is 26.7. The maximum Gasteiger partial charge on any atom is 0.338 e. The molecule has 4 N–H and O–H groups in total. The van der Waals surface area contributed by atoms with Crippen LogP contribution in [0.3, 0.4) is 0 Å². The molecule has 45 heavy (non-hydrogen) atoms. The second-order valence-corrected chi connectivity index (χ2v) is 13.0. The van der Waals surface area contributed by atoms with Crippen molar-refractivity contribution in [3.63, 3.8) is 0 Å². The number of amides is 4. The fourth-order valence-electron chi connectivity index (χ4n) is 5.23. The summed E-state index contributed by atoms with van der Waals surface area (Å²) >= 11 is 1.45. The third-order valence-electron chi connectivity index (χ3n) is 7.67. The average Bonchev–Trinajstić information content (AvgIpc) is 3.34. The lowest BCUT2D eigenvalue weighted by Crippen LogP contribution is -2.59. The van der Waals surface area contributed by atoms with Gasteiger partial charge in [0.05, 0.1) is 24.1 Å². The summed E-state index contributed by atoms with van der Waals surface area (Å²) < 4.78 is 4.42. The van der Waals surface area contributed by atoms with E-state index in [0.29, 0.717) is 12.2 Å². The molecular weight excluding hydrogens is 592 g/mol. The summed E-state index contributed by atoms with van der Waals surface area (Å²) in [6.07, 6.45) is -1.50. The number of aliphatic hydroxyl groups is 1. The van der Waals surface area contributed by atoms with Gasteiger partial charge in [-0.25, -0.2) is 9.59 Å². The molecule has 0 spiro atoms. The van der Waals surface area contributed by atoms with E-state index in [-0.39, 0.29) is 30.4 Å². The molecule has 1 saturated heterocycles. The van der Waals surface area contributed by atoms with Crippen LogP contribution in [0.25, 0.3) is 0 Å². The molecule has 3 atom stereocenters. The van der Waals surface area contributed by atoms with Crippen molar-refractivity contribution in [2.45, 2.75) is 63.6 Å². The Hall–Kier alpha value is -4.35. The minimum Gasteiger partial charge on any atom is -0.462 e. The highest BCUT2D eigenvalue weighted by Crippen LogP contribution is 2.40. The smallest absolute Gasteiger partial charge is 0.338 e. The molecule has 238 valence electrons. The lowest BCUT2D eigenvalue weighted by Gasteiger charge is -2.33. The van der Waals surface area contributed by atoms with Crippen LogP contribution >= 0.6 is 11.8 Å². The largest absolute Gasteiger partial charge is 0.462 e. The number of hydrogen-bond acceptors (Lipinski definition) is 7. The van der Waals surface area contributed by atoms with Gasteiger partial charge in [-0.1, -0.05) is 60.7 Å². The minimum absolute atomic E-state index is 0.151. The Morgan fingerprint density at radius 3 is 2.44 bits per heavy atom. The van der Waals surface area contributed by atoms with Crippen LogP contribution in [0.1, 0.15) is 47.8 Å².